The van der Waals surface area contributed by atoms with Crippen molar-refractivity contribution in [2.45, 2.75) is 32.2 Å². The van der Waals surface area contributed by atoms with E-state index < -0.39 is 0 Å². The third-order valence-corrected chi connectivity index (χ3v) is 4.40. The number of hydrogen-bond donors (Lipinski definition) is 1. The molecule has 1 heterocycles. The van der Waals surface area contributed by atoms with Gasteiger partial charge in [-0.1, -0.05) is 12.1 Å². The van der Waals surface area contributed by atoms with Crippen molar-refractivity contribution >= 4 is 11.0 Å². The summed E-state index contributed by atoms with van der Waals surface area (Å²) in [6, 6.07) is 15.9. The van der Waals surface area contributed by atoms with Crippen LogP contribution in [0.3, 0.4) is 0 Å². The fourth-order valence-corrected chi connectivity index (χ4v) is 3.04. The fourth-order valence-electron chi connectivity index (χ4n) is 3.04. The van der Waals surface area contributed by atoms with E-state index in [1.165, 1.54) is 0 Å². The predicted octanol–water partition coefficient (Wildman–Crippen LogP) is 3.83. The Morgan fingerprint density at radius 2 is 1.73 bits per heavy atom. The SMILES string of the molecule is COc1ccc(OCCCCn2c(CCCO)nc3ccccc32)cc1. The molecule has 0 fully saturated rings. The molecule has 0 aliphatic rings. The number of aromatic nitrogens is 2. The smallest absolute Gasteiger partial charge is 0.119 e. The van der Waals surface area contributed by atoms with E-state index in [9.17, 15) is 0 Å². The van der Waals surface area contributed by atoms with Gasteiger partial charge in [0, 0.05) is 19.6 Å². The summed E-state index contributed by atoms with van der Waals surface area (Å²) in [7, 11) is 1.66. The van der Waals surface area contributed by atoms with E-state index in [4.69, 9.17) is 19.6 Å². The van der Waals surface area contributed by atoms with Gasteiger partial charge < -0.3 is 19.1 Å². The number of ether oxygens (including phenoxy) is 2. The minimum Gasteiger partial charge on any atom is -0.497 e. The van der Waals surface area contributed by atoms with Gasteiger partial charge in [0.05, 0.1) is 24.8 Å². The average molecular weight is 354 g/mol. The summed E-state index contributed by atoms with van der Waals surface area (Å²) >= 11 is 0. The molecule has 2 aromatic carbocycles. The van der Waals surface area contributed by atoms with Crippen LogP contribution in [-0.4, -0.2) is 35.0 Å². The number of aliphatic hydroxyl groups excluding tert-OH is 1. The molecule has 0 saturated carbocycles. The van der Waals surface area contributed by atoms with Gasteiger partial charge >= 0.3 is 0 Å². The Hall–Kier alpha value is -2.53. The second kappa shape index (κ2) is 9.25. The van der Waals surface area contributed by atoms with Gasteiger partial charge in [0.25, 0.3) is 0 Å². The van der Waals surface area contributed by atoms with Crippen LogP contribution in [0, 0.1) is 0 Å². The minimum absolute atomic E-state index is 0.193. The van der Waals surface area contributed by atoms with Crippen molar-refractivity contribution in [2.24, 2.45) is 0 Å². The molecule has 5 heteroatoms. The molecule has 0 saturated heterocycles. The lowest BCUT2D eigenvalue weighted by Crippen LogP contribution is -2.07. The maximum absolute atomic E-state index is 9.12. The molecule has 3 aromatic rings. The first-order chi connectivity index (χ1) is 12.8. The molecule has 1 N–H and O–H groups in total. The molecule has 0 radical (unpaired) electrons. The largest absolute Gasteiger partial charge is 0.497 e. The molecule has 0 aliphatic carbocycles. The zero-order valence-electron chi connectivity index (χ0n) is 15.2. The quantitative estimate of drug-likeness (QED) is 0.562. The molecular formula is C21H26N2O3. The molecule has 0 amide bonds. The number of fused-ring (bicyclic) bond motifs is 1. The number of hydrogen-bond acceptors (Lipinski definition) is 4. The highest BCUT2D eigenvalue weighted by Gasteiger charge is 2.09. The first kappa shape index (κ1) is 18.3. The average Bonchev–Trinajstić information content (AvgIpc) is 3.04. The summed E-state index contributed by atoms with van der Waals surface area (Å²) in [5.41, 5.74) is 2.19. The van der Waals surface area contributed by atoms with Crippen LogP contribution in [0.4, 0.5) is 0 Å². The molecule has 0 aliphatic heterocycles. The van der Waals surface area contributed by atoms with Gasteiger partial charge in [-0.3, -0.25) is 0 Å². The number of unbranched alkanes of at least 4 members (excludes halogenated alkanes) is 1. The van der Waals surface area contributed by atoms with Crippen LogP contribution < -0.4 is 9.47 Å². The number of methoxy groups -OCH3 is 1. The molecule has 1 aromatic heterocycles. The number of nitrogens with zero attached hydrogens (tertiary/aromatic N) is 2. The van der Waals surface area contributed by atoms with Crippen LogP contribution in [0.1, 0.15) is 25.1 Å². The Labute approximate surface area is 154 Å². The summed E-state index contributed by atoms with van der Waals surface area (Å²) < 4.78 is 13.2. The van der Waals surface area contributed by atoms with Gasteiger partial charge in [-0.25, -0.2) is 4.98 Å². The van der Waals surface area contributed by atoms with Crippen LogP contribution in [-0.2, 0) is 13.0 Å². The number of imidazole rings is 1. The Bertz CT molecular complexity index is 812. The topological polar surface area (TPSA) is 56.5 Å². The van der Waals surface area contributed by atoms with Gasteiger partial charge in [-0.15, -0.1) is 0 Å². The summed E-state index contributed by atoms with van der Waals surface area (Å²) in [6.07, 6.45) is 3.53. The summed E-state index contributed by atoms with van der Waals surface area (Å²) in [5.74, 6) is 2.75. The van der Waals surface area contributed by atoms with Crippen molar-refractivity contribution in [2.75, 3.05) is 20.3 Å². The Kier molecular flexibility index (Phi) is 6.50. The lowest BCUT2D eigenvalue weighted by Gasteiger charge is -2.10. The van der Waals surface area contributed by atoms with Crippen molar-refractivity contribution in [3.05, 3.63) is 54.4 Å². The van der Waals surface area contributed by atoms with E-state index in [1.54, 1.807) is 7.11 Å². The Morgan fingerprint density at radius 1 is 0.962 bits per heavy atom. The highest BCUT2D eigenvalue weighted by Crippen LogP contribution is 2.19. The van der Waals surface area contributed by atoms with E-state index in [0.29, 0.717) is 6.61 Å². The maximum atomic E-state index is 9.12. The minimum atomic E-state index is 0.193. The predicted molar refractivity (Wildman–Crippen MR) is 103 cm³/mol. The monoisotopic (exact) mass is 354 g/mol. The van der Waals surface area contributed by atoms with Gasteiger partial charge in [-0.05, 0) is 55.7 Å². The first-order valence-corrected chi connectivity index (χ1v) is 9.13. The van der Waals surface area contributed by atoms with E-state index in [1.807, 2.05) is 42.5 Å². The summed E-state index contributed by atoms with van der Waals surface area (Å²) in [4.78, 5) is 4.72. The van der Waals surface area contributed by atoms with Crippen LogP contribution in [0.15, 0.2) is 48.5 Å². The van der Waals surface area contributed by atoms with Crippen molar-refractivity contribution < 1.29 is 14.6 Å². The summed E-state index contributed by atoms with van der Waals surface area (Å²) in [6.45, 7) is 1.79. The summed E-state index contributed by atoms with van der Waals surface area (Å²) in [5, 5.41) is 9.12. The molecular weight excluding hydrogens is 328 g/mol. The first-order valence-electron chi connectivity index (χ1n) is 9.13. The van der Waals surface area contributed by atoms with E-state index in [-0.39, 0.29) is 6.61 Å². The molecule has 0 spiro atoms. The number of para-hydroxylation sites is 2. The van der Waals surface area contributed by atoms with Crippen LogP contribution in [0.5, 0.6) is 11.5 Å². The normalized spacial score (nSPS) is 11.0. The third kappa shape index (κ3) is 4.55. The second-order valence-electron chi connectivity index (χ2n) is 6.23. The van der Waals surface area contributed by atoms with E-state index in [2.05, 4.69) is 10.6 Å². The van der Waals surface area contributed by atoms with Crippen molar-refractivity contribution in [3.8, 4) is 11.5 Å². The molecule has 0 atom stereocenters. The number of aliphatic hydroxyl groups is 1. The van der Waals surface area contributed by atoms with Crippen molar-refractivity contribution in [1.29, 1.82) is 0 Å². The second-order valence-corrected chi connectivity index (χ2v) is 6.23. The van der Waals surface area contributed by atoms with Gasteiger partial charge in [0.15, 0.2) is 0 Å². The standard InChI is InChI=1S/C21H26N2O3/c1-25-17-10-12-18(13-11-17)26-16-5-4-14-23-20-8-3-2-7-19(20)22-21(23)9-6-15-24/h2-3,7-8,10-13,24H,4-6,9,14-16H2,1H3. The molecule has 138 valence electrons. The van der Waals surface area contributed by atoms with Crippen molar-refractivity contribution in [3.63, 3.8) is 0 Å². The van der Waals surface area contributed by atoms with Crippen LogP contribution in [0.2, 0.25) is 0 Å². The highest BCUT2D eigenvalue weighted by atomic mass is 16.5. The maximum Gasteiger partial charge on any atom is 0.119 e. The highest BCUT2D eigenvalue weighted by molar-refractivity contribution is 5.75. The molecule has 0 unspecified atom stereocenters. The molecule has 5 nitrogen and oxygen atoms in total. The van der Waals surface area contributed by atoms with Gasteiger partial charge in [-0.2, -0.15) is 0 Å². The number of aryl methyl sites for hydroxylation is 2. The lowest BCUT2D eigenvalue weighted by atomic mass is 10.2. The Balaban J connectivity index is 1.53. The zero-order valence-corrected chi connectivity index (χ0v) is 15.2. The zero-order chi connectivity index (χ0) is 18.2. The van der Waals surface area contributed by atoms with Crippen molar-refractivity contribution in [1.82, 2.24) is 9.55 Å². The molecule has 0 bridgehead atoms. The lowest BCUT2D eigenvalue weighted by molar-refractivity contribution is 0.286. The van der Waals surface area contributed by atoms with Gasteiger partial charge in [0.1, 0.15) is 17.3 Å². The van der Waals surface area contributed by atoms with Gasteiger partial charge in [0.2, 0.25) is 0 Å². The molecule has 3 rings (SSSR count). The third-order valence-electron chi connectivity index (χ3n) is 4.40. The fraction of sp³-hybridized carbons (Fsp3) is 0.381. The Morgan fingerprint density at radius 3 is 2.50 bits per heavy atom. The number of rotatable bonds is 10. The van der Waals surface area contributed by atoms with Crippen LogP contribution >= 0.6 is 0 Å². The van der Waals surface area contributed by atoms with Crippen LogP contribution in [0.25, 0.3) is 11.0 Å². The number of benzene rings is 2. The van der Waals surface area contributed by atoms with E-state index in [0.717, 1.165) is 60.6 Å². The van der Waals surface area contributed by atoms with E-state index >= 15 is 0 Å². The molecule has 26 heavy (non-hydrogen) atoms.